The van der Waals surface area contributed by atoms with Gasteiger partial charge in [-0.15, -0.1) is 0 Å². The first-order chi connectivity index (χ1) is 9.72. The van der Waals surface area contributed by atoms with Gasteiger partial charge in [0.15, 0.2) is 5.16 Å². The van der Waals surface area contributed by atoms with E-state index in [1.165, 1.54) is 11.8 Å². The summed E-state index contributed by atoms with van der Waals surface area (Å²) in [7, 11) is 0. The number of imidazole rings is 1. The number of nitrogens with zero attached hydrogens (tertiary/aromatic N) is 1. The Bertz CT molecular complexity index is 711. The van der Waals surface area contributed by atoms with Gasteiger partial charge >= 0.3 is 0 Å². The zero-order valence-electron chi connectivity index (χ0n) is 10.8. The quantitative estimate of drug-likeness (QED) is 0.509. The van der Waals surface area contributed by atoms with Gasteiger partial charge in [0.2, 0.25) is 0 Å². The maximum Gasteiger partial charge on any atom is 0.166 e. The second-order valence-electron chi connectivity index (χ2n) is 4.56. The summed E-state index contributed by atoms with van der Waals surface area (Å²) >= 11 is 1.50. The molecular formula is C15H15N3OS. The van der Waals surface area contributed by atoms with Gasteiger partial charge in [-0.2, -0.15) is 0 Å². The van der Waals surface area contributed by atoms with Crippen molar-refractivity contribution in [2.45, 2.75) is 11.3 Å². The average Bonchev–Trinajstić information content (AvgIpc) is 2.87. The monoisotopic (exact) mass is 285 g/mol. The van der Waals surface area contributed by atoms with Gasteiger partial charge in [0, 0.05) is 11.4 Å². The van der Waals surface area contributed by atoms with E-state index in [9.17, 15) is 5.11 Å². The summed E-state index contributed by atoms with van der Waals surface area (Å²) in [4.78, 5) is 7.66. The lowest BCUT2D eigenvalue weighted by Crippen LogP contribution is -2.00. The third-order valence-corrected chi connectivity index (χ3v) is 4.00. The Morgan fingerprint density at radius 3 is 2.80 bits per heavy atom. The fourth-order valence-electron chi connectivity index (χ4n) is 2.00. The molecule has 0 spiro atoms. The van der Waals surface area contributed by atoms with Gasteiger partial charge in [0.05, 0.1) is 17.1 Å². The molecule has 2 aromatic carbocycles. The van der Waals surface area contributed by atoms with Crippen molar-refractivity contribution in [1.82, 2.24) is 9.97 Å². The van der Waals surface area contributed by atoms with Crippen molar-refractivity contribution < 1.29 is 5.11 Å². The summed E-state index contributed by atoms with van der Waals surface area (Å²) in [6.45, 7) is 0. The summed E-state index contributed by atoms with van der Waals surface area (Å²) in [5.41, 5.74) is 9.17. The van der Waals surface area contributed by atoms with Crippen molar-refractivity contribution in [2.75, 3.05) is 11.5 Å². The van der Waals surface area contributed by atoms with Crippen molar-refractivity contribution in [1.29, 1.82) is 0 Å². The molecule has 20 heavy (non-hydrogen) atoms. The number of aliphatic hydroxyl groups is 1. The van der Waals surface area contributed by atoms with Gasteiger partial charge < -0.3 is 15.8 Å². The van der Waals surface area contributed by atoms with Crippen LogP contribution in [0.1, 0.15) is 11.7 Å². The predicted molar refractivity (Wildman–Crippen MR) is 82.6 cm³/mol. The van der Waals surface area contributed by atoms with E-state index in [1.807, 2.05) is 48.5 Å². The van der Waals surface area contributed by atoms with Crippen LogP contribution in [0.15, 0.2) is 53.7 Å². The van der Waals surface area contributed by atoms with E-state index >= 15 is 0 Å². The molecule has 0 radical (unpaired) electrons. The minimum atomic E-state index is -0.500. The average molecular weight is 285 g/mol. The number of nitrogens with two attached hydrogens (primary N) is 1. The number of nitrogens with one attached hydrogen (secondary N) is 1. The van der Waals surface area contributed by atoms with E-state index in [1.54, 1.807) is 0 Å². The number of rotatable bonds is 4. The van der Waals surface area contributed by atoms with Crippen LogP contribution in [0.25, 0.3) is 11.0 Å². The number of aromatic nitrogens is 2. The van der Waals surface area contributed by atoms with E-state index in [4.69, 9.17) is 5.73 Å². The lowest BCUT2D eigenvalue weighted by Gasteiger charge is -2.08. The Balaban J connectivity index is 1.71. The normalized spacial score (nSPS) is 12.7. The van der Waals surface area contributed by atoms with E-state index in [0.717, 1.165) is 21.8 Å². The van der Waals surface area contributed by atoms with E-state index in [-0.39, 0.29) is 0 Å². The predicted octanol–water partition coefficient (Wildman–Crippen LogP) is 2.97. The topological polar surface area (TPSA) is 74.9 Å². The second-order valence-corrected chi connectivity index (χ2v) is 5.56. The molecule has 4 nitrogen and oxygen atoms in total. The molecule has 0 fully saturated rings. The van der Waals surface area contributed by atoms with Crippen LogP contribution in [-0.2, 0) is 0 Å². The van der Waals surface area contributed by atoms with Gasteiger partial charge in [-0.25, -0.2) is 4.98 Å². The van der Waals surface area contributed by atoms with Gasteiger partial charge in [0.25, 0.3) is 0 Å². The maximum absolute atomic E-state index is 10.1. The third kappa shape index (κ3) is 2.79. The molecule has 0 amide bonds. The molecule has 1 aromatic heterocycles. The number of nitrogen functional groups attached to an aromatic ring is 1. The summed E-state index contributed by atoms with van der Waals surface area (Å²) in [5, 5.41) is 10.9. The first-order valence-corrected chi connectivity index (χ1v) is 7.32. The lowest BCUT2D eigenvalue weighted by atomic mass is 10.1. The molecule has 3 aromatic rings. The van der Waals surface area contributed by atoms with Crippen molar-refractivity contribution in [3.05, 3.63) is 54.1 Å². The summed E-state index contributed by atoms with van der Waals surface area (Å²) in [5.74, 6) is 0.555. The summed E-state index contributed by atoms with van der Waals surface area (Å²) in [6.07, 6.45) is -0.500. The Labute approximate surface area is 121 Å². The number of aliphatic hydroxyl groups excluding tert-OH is 1. The highest BCUT2D eigenvalue weighted by molar-refractivity contribution is 7.99. The molecule has 0 saturated carbocycles. The number of hydrogen-bond donors (Lipinski definition) is 3. The van der Waals surface area contributed by atoms with Gasteiger partial charge in [-0.1, -0.05) is 42.1 Å². The number of benzene rings is 2. The van der Waals surface area contributed by atoms with E-state index in [0.29, 0.717) is 11.4 Å². The Hall–Kier alpha value is -1.98. The summed E-state index contributed by atoms with van der Waals surface area (Å²) < 4.78 is 0. The molecule has 1 heterocycles. The lowest BCUT2D eigenvalue weighted by molar-refractivity contribution is 0.204. The fourth-order valence-corrected chi connectivity index (χ4v) is 2.85. The highest BCUT2D eigenvalue weighted by Crippen LogP contribution is 2.25. The van der Waals surface area contributed by atoms with Gasteiger partial charge in [-0.3, -0.25) is 0 Å². The Kier molecular flexibility index (Phi) is 3.62. The molecule has 0 aliphatic heterocycles. The Morgan fingerprint density at radius 1 is 1.20 bits per heavy atom. The van der Waals surface area contributed by atoms with Crippen LogP contribution in [0.5, 0.6) is 0 Å². The van der Waals surface area contributed by atoms with Crippen molar-refractivity contribution in [3.8, 4) is 0 Å². The molecule has 0 saturated heterocycles. The maximum atomic E-state index is 10.1. The number of anilines is 1. The van der Waals surface area contributed by atoms with Crippen LogP contribution >= 0.6 is 11.8 Å². The SMILES string of the molecule is Nc1ccc2nc(SCC(O)c3ccccc3)[nH]c2c1. The molecule has 0 bridgehead atoms. The van der Waals surface area contributed by atoms with Crippen molar-refractivity contribution in [2.24, 2.45) is 0 Å². The molecule has 1 atom stereocenters. The highest BCUT2D eigenvalue weighted by atomic mass is 32.2. The van der Waals surface area contributed by atoms with Crippen LogP contribution in [0.4, 0.5) is 5.69 Å². The molecule has 102 valence electrons. The van der Waals surface area contributed by atoms with Crippen LogP contribution < -0.4 is 5.73 Å². The molecule has 0 aliphatic rings. The smallest absolute Gasteiger partial charge is 0.166 e. The van der Waals surface area contributed by atoms with Crippen molar-refractivity contribution in [3.63, 3.8) is 0 Å². The van der Waals surface area contributed by atoms with Crippen LogP contribution in [0, 0.1) is 0 Å². The molecule has 1 unspecified atom stereocenters. The number of fused-ring (bicyclic) bond motifs is 1. The largest absolute Gasteiger partial charge is 0.399 e. The van der Waals surface area contributed by atoms with Crippen LogP contribution in [0.3, 0.4) is 0 Å². The van der Waals surface area contributed by atoms with Gasteiger partial charge in [0.1, 0.15) is 0 Å². The first-order valence-electron chi connectivity index (χ1n) is 6.33. The second kappa shape index (κ2) is 5.56. The highest BCUT2D eigenvalue weighted by Gasteiger charge is 2.10. The molecule has 5 heteroatoms. The summed E-state index contributed by atoms with van der Waals surface area (Å²) in [6, 6.07) is 15.2. The van der Waals surface area contributed by atoms with Crippen LogP contribution in [-0.4, -0.2) is 20.8 Å². The minimum absolute atomic E-state index is 0.500. The standard InChI is InChI=1S/C15H15N3OS/c16-11-6-7-12-13(8-11)18-15(17-12)20-9-14(19)10-4-2-1-3-5-10/h1-8,14,19H,9,16H2,(H,17,18). The zero-order chi connectivity index (χ0) is 13.9. The molecular weight excluding hydrogens is 270 g/mol. The van der Waals surface area contributed by atoms with E-state index < -0.39 is 6.10 Å². The van der Waals surface area contributed by atoms with Crippen LogP contribution in [0.2, 0.25) is 0 Å². The third-order valence-electron chi connectivity index (χ3n) is 3.05. The number of hydrogen-bond acceptors (Lipinski definition) is 4. The molecule has 3 rings (SSSR count). The van der Waals surface area contributed by atoms with Crippen molar-refractivity contribution >= 4 is 28.5 Å². The number of aromatic amines is 1. The fraction of sp³-hybridized carbons (Fsp3) is 0.133. The molecule has 0 aliphatic carbocycles. The minimum Gasteiger partial charge on any atom is -0.399 e. The van der Waals surface area contributed by atoms with E-state index in [2.05, 4.69) is 9.97 Å². The molecule has 4 N–H and O–H groups in total. The van der Waals surface area contributed by atoms with Gasteiger partial charge in [-0.05, 0) is 23.8 Å². The zero-order valence-corrected chi connectivity index (χ0v) is 11.6. The Morgan fingerprint density at radius 2 is 2.00 bits per heavy atom. The number of thioether (sulfide) groups is 1. The first kappa shape index (κ1) is 13.0. The number of H-pyrrole nitrogens is 1.